The molecule has 2 rings (SSSR count). The van der Waals surface area contributed by atoms with Gasteiger partial charge in [-0.05, 0) is 24.1 Å². The summed E-state index contributed by atoms with van der Waals surface area (Å²) in [6.07, 6.45) is 0.0152. The molecule has 0 saturated carbocycles. The van der Waals surface area contributed by atoms with Gasteiger partial charge in [0, 0.05) is 17.0 Å². The van der Waals surface area contributed by atoms with Crippen LogP contribution in [0.25, 0.3) is 11.1 Å². The van der Waals surface area contributed by atoms with Crippen molar-refractivity contribution in [3.8, 4) is 11.1 Å². The fraction of sp³-hybridized carbons (Fsp3) is 0.235. The summed E-state index contributed by atoms with van der Waals surface area (Å²) in [5.74, 6) is -1.01. The van der Waals surface area contributed by atoms with Gasteiger partial charge in [-0.1, -0.05) is 54.1 Å². The molecule has 0 saturated heterocycles. The highest BCUT2D eigenvalue weighted by Gasteiger charge is 2.24. The predicted octanol–water partition coefficient (Wildman–Crippen LogP) is 3.78. The molecule has 2 aromatic carbocycles. The molecule has 0 spiro atoms. The van der Waals surface area contributed by atoms with E-state index in [0.29, 0.717) is 11.4 Å². The fourth-order valence-electron chi connectivity index (χ4n) is 2.33. The van der Waals surface area contributed by atoms with Gasteiger partial charge in [0.1, 0.15) is 0 Å². The number of hydrogen-bond acceptors (Lipinski definition) is 2. The number of halogens is 1. The fourth-order valence-corrected chi connectivity index (χ4v) is 2.57. The lowest BCUT2D eigenvalue weighted by molar-refractivity contribution is -0.141. The van der Waals surface area contributed by atoms with Crippen LogP contribution in [0.3, 0.4) is 0 Å². The maximum absolute atomic E-state index is 10.7. The minimum absolute atomic E-state index is 0.279. The van der Waals surface area contributed by atoms with Crippen LogP contribution < -0.4 is 0 Å². The number of carboxylic acid groups (broad SMARTS) is 1. The minimum atomic E-state index is -1.25. The summed E-state index contributed by atoms with van der Waals surface area (Å²) in [6, 6.07) is 15.2. The first-order chi connectivity index (χ1) is 9.87. The van der Waals surface area contributed by atoms with Gasteiger partial charge in [-0.3, -0.25) is 4.79 Å². The quantitative estimate of drug-likeness (QED) is 0.884. The highest BCUT2D eigenvalue weighted by atomic mass is 35.5. The van der Waals surface area contributed by atoms with Crippen molar-refractivity contribution in [1.82, 2.24) is 0 Å². The van der Waals surface area contributed by atoms with Crippen molar-refractivity contribution >= 4 is 17.6 Å². The lowest BCUT2D eigenvalue weighted by atomic mass is 9.92. The third kappa shape index (κ3) is 4.31. The van der Waals surface area contributed by atoms with Crippen LogP contribution in [0.1, 0.15) is 18.9 Å². The van der Waals surface area contributed by atoms with Gasteiger partial charge < -0.3 is 10.2 Å². The highest BCUT2D eigenvalue weighted by Crippen LogP contribution is 2.28. The van der Waals surface area contributed by atoms with Crippen molar-refractivity contribution in [3.63, 3.8) is 0 Å². The normalized spacial score (nSPS) is 13.7. The van der Waals surface area contributed by atoms with Crippen LogP contribution in [0.2, 0.25) is 5.02 Å². The molecular weight excluding hydrogens is 288 g/mol. The summed E-state index contributed by atoms with van der Waals surface area (Å²) in [6.45, 7) is 1.53. The maximum Gasteiger partial charge on any atom is 0.306 e. The van der Waals surface area contributed by atoms with Crippen LogP contribution >= 0.6 is 11.6 Å². The van der Waals surface area contributed by atoms with E-state index in [2.05, 4.69) is 0 Å². The van der Waals surface area contributed by atoms with E-state index < -0.39 is 11.6 Å². The zero-order valence-electron chi connectivity index (χ0n) is 11.7. The Balaban J connectivity index is 2.16. The van der Waals surface area contributed by atoms with E-state index in [-0.39, 0.29) is 6.42 Å². The molecule has 0 aliphatic heterocycles. The van der Waals surface area contributed by atoms with Gasteiger partial charge >= 0.3 is 5.97 Å². The van der Waals surface area contributed by atoms with E-state index >= 15 is 0 Å². The van der Waals surface area contributed by atoms with Gasteiger partial charge in [0.25, 0.3) is 0 Å². The van der Waals surface area contributed by atoms with Crippen molar-refractivity contribution in [2.45, 2.75) is 25.4 Å². The maximum atomic E-state index is 10.7. The van der Waals surface area contributed by atoms with Gasteiger partial charge in [0.2, 0.25) is 0 Å². The molecule has 2 N–H and O–H groups in total. The number of hydrogen-bond donors (Lipinski definition) is 2. The number of aliphatic hydroxyl groups is 1. The second-order valence-electron chi connectivity index (χ2n) is 5.42. The SMILES string of the molecule is CC(O)(CC(=O)O)Cc1ccc(-c2ccccc2Cl)cc1. The van der Waals surface area contributed by atoms with E-state index in [0.717, 1.165) is 16.7 Å². The molecule has 2 aromatic rings. The van der Waals surface area contributed by atoms with E-state index in [4.69, 9.17) is 16.7 Å². The second kappa shape index (κ2) is 6.29. The third-order valence-corrected chi connectivity index (χ3v) is 3.59. The molecule has 0 amide bonds. The van der Waals surface area contributed by atoms with Crippen molar-refractivity contribution in [2.24, 2.45) is 0 Å². The number of rotatable bonds is 5. The van der Waals surface area contributed by atoms with Gasteiger partial charge in [0.15, 0.2) is 0 Å². The lowest BCUT2D eigenvalue weighted by Gasteiger charge is -2.21. The van der Waals surface area contributed by atoms with Gasteiger partial charge in [-0.2, -0.15) is 0 Å². The average Bonchev–Trinajstić information content (AvgIpc) is 2.38. The Kier molecular flexibility index (Phi) is 4.66. The Morgan fingerprint density at radius 2 is 1.76 bits per heavy atom. The van der Waals surface area contributed by atoms with Crippen molar-refractivity contribution in [1.29, 1.82) is 0 Å². The molecule has 3 nitrogen and oxygen atoms in total. The van der Waals surface area contributed by atoms with Crippen molar-refractivity contribution in [2.75, 3.05) is 0 Å². The molecule has 1 atom stereocenters. The highest BCUT2D eigenvalue weighted by molar-refractivity contribution is 6.33. The lowest BCUT2D eigenvalue weighted by Crippen LogP contribution is -2.30. The Labute approximate surface area is 128 Å². The van der Waals surface area contributed by atoms with E-state index in [1.165, 1.54) is 6.92 Å². The smallest absolute Gasteiger partial charge is 0.306 e. The number of carboxylic acids is 1. The zero-order valence-corrected chi connectivity index (χ0v) is 12.5. The van der Waals surface area contributed by atoms with Crippen molar-refractivity contribution in [3.05, 3.63) is 59.1 Å². The molecule has 0 aliphatic rings. The summed E-state index contributed by atoms with van der Waals surface area (Å²) in [5, 5.41) is 19.5. The summed E-state index contributed by atoms with van der Waals surface area (Å²) in [5.41, 5.74) is 1.57. The Bertz CT molecular complexity index is 633. The molecule has 0 fully saturated rings. The molecule has 0 aliphatic carbocycles. The molecule has 4 heteroatoms. The summed E-state index contributed by atoms with van der Waals surface area (Å²) in [4.78, 5) is 10.7. The molecule has 0 heterocycles. The van der Waals surface area contributed by atoms with Gasteiger partial charge in [0.05, 0.1) is 12.0 Å². The van der Waals surface area contributed by atoms with Crippen LogP contribution in [0.5, 0.6) is 0 Å². The monoisotopic (exact) mass is 304 g/mol. The van der Waals surface area contributed by atoms with Crippen LogP contribution in [0.4, 0.5) is 0 Å². The molecule has 21 heavy (non-hydrogen) atoms. The van der Waals surface area contributed by atoms with E-state index in [9.17, 15) is 9.90 Å². The largest absolute Gasteiger partial charge is 0.481 e. The molecule has 0 radical (unpaired) electrons. The van der Waals surface area contributed by atoms with Crippen LogP contribution in [-0.2, 0) is 11.2 Å². The molecule has 110 valence electrons. The van der Waals surface area contributed by atoms with Gasteiger partial charge in [-0.15, -0.1) is 0 Å². The third-order valence-electron chi connectivity index (χ3n) is 3.26. The number of aliphatic carboxylic acids is 1. The zero-order chi connectivity index (χ0) is 15.5. The Hall–Kier alpha value is -1.84. The Morgan fingerprint density at radius 3 is 2.33 bits per heavy atom. The summed E-state index contributed by atoms with van der Waals surface area (Å²) < 4.78 is 0. The average molecular weight is 305 g/mol. The topological polar surface area (TPSA) is 57.5 Å². The molecular formula is C17H17ClO3. The second-order valence-corrected chi connectivity index (χ2v) is 5.83. The summed E-state index contributed by atoms with van der Waals surface area (Å²) in [7, 11) is 0. The van der Waals surface area contributed by atoms with Crippen LogP contribution in [0.15, 0.2) is 48.5 Å². The molecule has 1 unspecified atom stereocenters. The van der Waals surface area contributed by atoms with E-state index in [1.807, 2.05) is 48.5 Å². The minimum Gasteiger partial charge on any atom is -0.481 e. The van der Waals surface area contributed by atoms with E-state index in [1.54, 1.807) is 0 Å². The molecule has 0 bridgehead atoms. The standard InChI is InChI=1S/C17H17ClO3/c1-17(21,11-16(19)20)10-12-6-8-13(9-7-12)14-4-2-3-5-15(14)18/h2-9,21H,10-11H2,1H3,(H,19,20). The number of benzene rings is 2. The van der Waals surface area contributed by atoms with Crippen LogP contribution in [-0.4, -0.2) is 21.8 Å². The van der Waals surface area contributed by atoms with Crippen molar-refractivity contribution < 1.29 is 15.0 Å². The van der Waals surface area contributed by atoms with Gasteiger partial charge in [-0.25, -0.2) is 0 Å². The Morgan fingerprint density at radius 1 is 1.14 bits per heavy atom. The first kappa shape index (κ1) is 15.5. The first-order valence-electron chi connectivity index (χ1n) is 6.65. The van der Waals surface area contributed by atoms with Crippen LogP contribution in [0, 0.1) is 0 Å². The summed E-state index contributed by atoms with van der Waals surface area (Å²) >= 11 is 6.16. The first-order valence-corrected chi connectivity index (χ1v) is 7.03. The predicted molar refractivity (Wildman–Crippen MR) is 83.5 cm³/mol. The molecule has 0 aromatic heterocycles. The number of carbonyl (C=O) groups is 1.